The van der Waals surface area contributed by atoms with Gasteiger partial charge >= 0.3 is 19.1 Å². The predicted octanol–water partition coefficient (Wildman–Crippen LogP) is 5.83. The number of nitrogens with zero attached hydrogens (tertiary/aromatic N) is 4. The fraction of sp³-hybridized carbons (Fsp3) is 0.0625. The van der Waals surface area contributed by atoms with Crippen molar-refractivity contribution in [1.82, 2.24) is 20.4 Å². The molecule has 0 aliphatic rings. The first-order valence-electron chi connectivity index (χ1n) is 13.3. The zero-order chi connectivity index (χ0) is 33.2. The summed E-state index contributed by atoms with van der Waals surface area (Å²) in [6.45, 7) is 0. The fourth-order valence-electron chi connectivity index (χ4n) is 4.11. The summed E-state index contributed by atoms with van der Waals surface area (Å²) >= 11 is 17.7. The Morgan fingerprint density at radius 2 is 0.935 bits per heavy atom. The molecule has 0 bridgehead atoms. The molecule has 232 valence electrons. The summed E-state index contributed by atoms with van der Waals surface area (Å²) in [5.74, 6) is -0.812. The highest BCUT2D eigenvalue weighted by atomic mass is 35.5. The van der Waals surface area contributed by atoms with Crippen molar-refractivity contribution in [1.29, 1.82) is 0 Å². The fourth-order valence-corrected chi connectivity index (χ4v) is 4.72. The van der Waals surface area contributed by atoms with Crippen LogP contribution >= 0.6 is 34.8 Å². The van der Waals surface area contributed by atoms with E-state index in [0.29, 0.717) is 32.0 Å². The van der Waals surface area contributed by atoms with Crippen LogP contribution in [0.25, 0.3) is 32.8 Å². The first-order valence-corrected chi connectivity index (χ1v) is 14.5. The molecule has 0 spiro atoms. The number of benzene rings is 4. The van der Waals surface area contributed by atoms with E-state index in [-0.39, 0.29) is 5.97 Å². The maximum absolute atomic E-state index is 11.5. The molecule has 0 saturated heterocycles. The maximum Gasteiger partial charge on any atom is 0.488 e. The highest BCUT2D eigenvalue weighted by Crippen LogP contribution is 2.29. The molecule has 2 heterocycles. The Morgan fingerprint density at radius 1 is 0.565 bits per heavy atom. The minimum atomic E-state index is -1.51. The van der Waals surface area contributed by atoms with Crippen LogP contribution in [0.3, 0.4) is 0 Å². The van der Waals surface area contributed by atoms with Gasteiger partial charge in [-0.2, -0.15) is 0 Å². The Hall–Kier alpha value is -4.65. The molecule has 6 aromatic rings. The summed E-state index contributed by atoms with van der Waals surface area (Å²) in [5.41, 5.74) is 2.81. The first kappa shape index (κ1) is 34.2. The van der Waals surface area contributed by atoms with Crippen molar-refractivity contribution in [2.24, 2.45) is 0 Å². The van der Waals surface area contributed by atoms with E-state index in [1.807, 2.05) is 60.7 Å². The zero-order valence-electron chi connectivity index (χ0n) is 24.3. The Kier molecular flexibility index (Phi) is 12.0. The number of aromatic nitrogens is 4. The number of carbonyl (C=O) groups excluding carboxylic acids is 2. The summed E-state index contributed by atoms with van der Waals surface area (Å²) in [6, 6.07) is 28.0. The minimum Gasteiger partial charge on any atom is -0.465 e. The lowest BCUT2D eigenvalue weighted by atomic mass is 9.80. The largest absolute Gasteiger partial charge is 0.488 e. The second-order valence-electron chi connectivity index (χ2n) is 9.27. The molecule has 0 aliphatic carbocycles. The van der Waals surface area contributed by atoms with Crippen molar-refractivity contribution in [2.45, 2.75) is 0 Å². The van der Waals surface area contributed by atoms with Crippen LogP contribution in [0, 0.1) is 0 Å². The quantitative estimate of drug-likeness (QED) is 0.173. The number of ether oxygens (including phenoxy) is 2. The van der Waals surface area contributed by atoms with Gasteiger partial charge in [-0.15, -0.1) is 20.4 Å². The summed E-state index contributed by atoms with van der Waals surface area (Å²) in [4.78, 5) is 22.4. The highest BCUT2D eigenvalue weighted by molar-refractivity contribution is 6.58. The van der Waals surface area contributed by atoms with Gasteiger partial charge in [0.05, 0.1) is 25.3 Å². The van der Waals surface area contributed by atoms with Gasteiger partial charge in [0, 0.05) is 27.1 Å². The average Bonchev–Trinajstić information content (AvgIpc) is 3.10. The predicted molar refractivity (Wildman–Crippen MR) is 178 cm³/mol. The van der Waals surface area contributed by atoms with Gasteiger partial charge in [0.2, 0.25) is 0 Å². The van der Waals surface area contributed by atoms with Gasteiger partial charge in [-0.1, -0.05) is 108 Å². The second-order valence-corrected chi connectivity index (χ2v) is 10.3. The van der Waals surface area contributed by atoms with Crippen molar-refractivity contribution in [3.63, 3.8) is 0 Å². The van der Waals surface area contributed by atoms with Crippen molar-refractivity contribution < 1.29 is 29.1 Å². The Morgan fingerprint density at radius 3 is 1.35 bits per heavy atom. The minimum absolute atomic E-state index is 0.340. The summed E-state index contributed by atoms with van der Waals surface area (Å²) in [6.07, 6.45) is 0. The number of hydrogen-bond acceptors (Lipinski definition) is 10. The smallest absolute Gasteiger partial charge is 0.465 e. The molecular formula is C32H24BCl3N4O6. The van der Waals surface area contributed by atoms with E-state index >= 15 is 0 Å². The molecule has 0 saturated carbocycles. The Labute approximate surface area is 278 Å². The van der Waals surface area contributed by atoms with E-state index in [1.54, 1.807) is 12.1 Å². The topological polar surface area (TPSA) is 145 Å². The summed E-state index contributed by atoms with van der Waals surface area (Å²) in [7, 11) is 1.14. The van der Waals surface area contributed by atoms with Crippen LogP contribution in [0.4, 0.5) is 0 Å². The van der Waals surface area contributed by atoms with E-state index in [1.165, 1.54) is 38.5 Å². The van der Waals surface area contributed by atoms with Gasteiger partial charge in [0.1, 0.15) is 5.69 Å². The Balaban J connectivity index is 0.000000166. The summed E-state index contributed by atoms with van der Waals surface area (Å²) < 4.78 is 9.16. The van der Waals surface area contributed by atoms with Crippen LogP contribution in [-0.4, -0.2) is 63.7 Å². The molecule has 46 heavy (non-hydrogen) atoms. The van der Waals surface area contributed by atoms with Crippen molar-refractivity contribution in [3.05, 3.63) is 124 Å². The Bertz CT molecular complexity index is 1940. The van der Waals surface area contributed by atoms with Crippen LogP contribution in [0.1, 0.15) is 20.7 Å². The molecule has 6 rings (SSSR count). The SMILES string of the molecule is COC(=O)c1ccc(-c2nnc(Cl)c3ccccc23)cc1.COC(=O)c1ccc(B(O)O)cc1.Clc1nnc(Cl)c2ccccc12. The van der Waals surface area contributed by atoms with E-state index in [4.69, 9.17) is 44.9 Å². The molecule has 0 aliphatic heterocycles. The maximum atomic E-state index is 11.5. The molecule has 0 radical (unpaired) electrons. The number of halogens is 3. The third kappa shape index (κ3) is 8.33. The first-order chi connectivity index (χ1) is 22.1. The molecule has 2 aromatic heterocycles. The normalized spacial score (nSPS) is 10.2. The van der Waals surface area contributed by atoms with Crippen LogP contribution in [0.15, 0.2) is 97.1 Å². The molecule has 10 nitrogen and oxygen atoms in total. The third-order valence-electron chi connectivity index (χ3n) is 6.45. The van der Waals surface area contributed by atoms with Crippen LogP contribution in [-0.2, 0) is 9.47 Å². The highest BCUT2D eigenvalue weighted by Gasteiger charge is 2.13. The molecule has 0 amide bonds. The molecular weight excluding hydrogens is 654 g/mol. The molecule has 2 N–H and O–H groups in total. The number of rotatable bonds is 4. The van der Waals surface area contributed by atoms with E-state index in [0.717, 1.165) is 32.8 Å². The monoisotopic (exact) mass is 676 g/mol. The lowest BCUT2D eigenvalue weighted by molar-refractivity contribution is 0.0592. The number of fused-ring (bicyclic) bond motifs is 2. The van der Waals surface area contributed by atoms with Crippen LogP contribution < -0.4 is 5.46 Å². The second kappa shape index (κ2) is 16.1. The molecule has 14 heteroatoms. The third-order valence-corrected chi connectivity index (χ3v) is 7.29. The zero-order valence-corrected chi connectivity index (χ0v) is 26.5. The standard InChI is InChI=1S/C16H11ClN2O2.C8H9BO4.C8H4Cl2N2/c1-21-16(20)11-8-6-10(7-9-11)14-12-4-2-3-5-13(12)15(17)19-18-14;1-13-8(10)6-2-4-7(5-3-6)9(11)12;9-7-5-3-1-2-4-6(5)8(10)12-11-7/h2-9H,1H3;2-5,11-12H,1H3;1-4H. The van der Waals surface area contributed by atoms with Crippen LogP contribution in [0.5, 0.6) is 0 Å². The number of hydrogen-bond donors (Lipinski definition) is 2. The molecule has 0 atom stereocenters. The lowest BCUT2D eigenvalue weighted by Gasteiger charge is -2.06. The molecule has 4 aromatic carbocycles. The molecule has 0 fully saturated rings. The van der Waals surface area contributed by atoms with Crippen molar-refractivity contribution >= 4 is 80.9 Å². The van der Waals surface area contributed by atoms with Gasteiger partial charge < -0.3 is 19.5 Å². The number of methoxy groups -OCH3 is 2. The van der Waals surface area contributed by atoms with Gasteiger partial charge in [0.15, 0.2) is 15.5 Å². The van der Waals surface area contributed by atoms with Gasteiger partial charge in [0.25, 0.3) is 0 Å². The number of esters is 2. The number of carbonyl (C=O) groups is 2. The average molecular weight is 678 g/mol. The van der Waals surface area contributed by atoms with Crippen molar-refractivity contribution in [3.8, 4) is 11.3 Å². The van der Waals surface area contributed by atoms with Gasteiger partial charge in [-0.05, 0) is 29.7 Å². The molecule has 0 unspecified atom stereocenters. The van der Waals surface area contributed by atoms with Crippen molar-refractivity contribution in [2.75, 3.05) is 14.2 Å². The lowest BCUT2D eigenvalue weighted by Crippen LogP contribution is -2.29. The van der Waals surface area contributed by atoms with Gasteiger partial charge in [-0.25, -0.2) is 9.59 Å². The van der Waals surface area contributed by atoms with E-state index < -0.39 is 13.1 Å². The summed E-state index contributed by atoms with van der Waals surface area (Å²) in [5, 5.41) is 37.6. The van der Waals surface area contributed by atoms with Gasteiger partial charge in [-0.3, -0.25) is 0 Å². The van der Waals surface area contributed by atoms with Crippen LogP contribution in [0.2, 0.25) is 15.5 Å². The van der Waals surface area contributed by atoms with E-state index in [9.17, 15) is 9.59 Å². The van der Waals surface area contributed by atoms with E-state index in [2.05, 4.69) is 29.9 Å².